The molecule has 0 spiro atoms. The Balaban J connectivity index is 2.46. The van der Waals surface area contributed by atoms with Crippen LogP contribution < -0.4 is 11.5 Å². The number of rotatable bonds is 5. The predicted molar refractivity (Wildman–Crippen MR) is 105 cm³/mol. The van der Waals surface area contributed by atoms with Gasteiger partial charge >= 0.3 is 6.18 Å². The van der Waals surface area contributed by atoms with Crippen molar-refractivity contribution >= 4 is 5.70 Å². The number of benzene rings is 2. The average molecular weight is 372 g/mol. The Bertz CT molecular complexity index is 890. The van der Waals surface area contributed by atoms with Gasteiger partial charge in [-0.2, -0.15) is 13.2 Å². The molecule has 0 atom stereocenters. The van der Waals surface area contributed by atoms with Crippen LogP contribution in [0.15, 0.2) is 78.0 Å². The van der Waals surface area contributed by atoms with E-state index in [-0.39, 0.29) is 11.3 Å². The van der Waals surface area contributed by atoms with Crippen LogP contribution in [-0.4, -0.2) is 0 Å². The van der Waals surface area contributed by atoms with Gasteiger partial charge in [0.2, 0.25) is 0 Å². The van der Waals surface area contributed by atoms with Crippen molar-refractivity contribution in [1.82, 2.24) is 0 Å². The molecule has 0 amide bonds. The summed E-state index contributed by atoms with van der Waals surface area (Å²) in [7, 11) is 0. The fourth-order valence-electron chi connectivity index (χ4n) is 2.85. The second-order valence-electron chi connectivity index (χ2n) is 6.31. The van der Waals surface area contributed by atoms with E-state index >= 15 is 0 Å². The summed E-state index contributed by atoms with van der Waals surface area (Å²) in [6.45, 7) is 3.83. The van der Waals surface area contributed by atoms with Gasteiger partial charge in [0, 0.05) is 11.3 Å². The maximum Gasteiger partial charge on any atom is 0.417 e. The van der Waals surface area contributed by atoms with Crippen LogP contribution in [-0.2, 0) is 12.6 Å². The van der Waals surface area contributed by atoms with Gasteiger partial charge in [-0.25, -0.2) is 0 Å². The maximum atomic E-state index is 13.2. The molecule has 2 nitrogen and oxygen atoms in total. The van der Waals surface area contributed by atoms with Crippen LogP contribution in [0.2, 0.25) is 0 Å². The van der Waals surface area contributed by atoms with Crippen LogP contribution in [0, 0.1) is 6.92 Å². The third kappa shape index (κ3) is 5.26. The minimum atomic E-state index is -4.46. The molecule has 0 fully saturated rings. The van der Waals surface area contributed by atoms with Crippen molar-refractivity contribution in [2.45, 2.75) is 26.4 Å². The zero-order valence-electron chi connectivity index (χ0n) is 15.3. The molecule has 0 radical (unpaired) electrons. The van der Waals surface area contributed by atoms with Crippen LogP contribution in [0.5, 0.6) is 0 Å². The summed E-state index contributed by atoms with van der Waals surface area (Å²) in [4.78, 5) is 0. The van der Waals surface area contributed by atoms with Gasteiger partial charge in [-0.1, -0.05) is 42.5 Å². The SMILES string of the molecule is CC(/C=C(\N)c1ccccc1C(F)(F)F)=C(\C=C/N)Cc1ccccc1C. The van der Waals surface area contributed by atoms with Crippen LogP contribution >= 0.6 is 0 Å². The summed E-state index contributed by atoms with van der Waals surface area (Å²) in [6.07, 6.45) is 0.884. The average Bonchev–Trinajstić information content (AvgIpc) is 2.62. The van der Waals surface area contributed by atoms with Crippen LogP contribution in [0.3, 0.4) is 0 Å². The van der Waals surface area contributed by atoms with Crippen molar-refractivity contribution < 1.29 is 13.2 Å². The van der Waals surface area contributed by atoms with Crippen molar-refractivity contribution in [3.05, 3.63) is 100 Å². The molecule has 27 heavy (non-hydrogen) atoms. The number of hydrogen-bond acceptors (Lipinski definition) is 2. The summed E-state index contributed by atoms with van der Waals surface area (Å²) in [5.74, 6) is 0. The highest BCUT2D eigenvalue weighted by atomic mass is 19.4. The number of aryl methyl sites for hydroxylation is 1. The topological polar surface area (TPSA) is 52.0 Å². The quantitative estimate of drug-likeness (QED) is 0.696. The molecular weight excluding hydrogens is 349 g/mol. The van der Waals surface area contributed by atoms with Gasteiger partial charge in [0.25, 0.3) is 0 Å². The molecule has 0 saturated carbocycles. The largest absolute Gasteiger partial charge is 0.417 e. The van der Waals surface area contributed by atoms with E-state index in [4.69, 9.17) is 11.5 Å². The molecule has 4 N–H and O–H groups in total. The Kier molecular flexibility index (Phi) is 6.50. The molecule has 5 heteroatoms. The van der Waals surface area contributed by atoms with Crippen molar-refractivity contribution in [3.63, 3.8) is 0 Å². The molecule has 0 bridgehead atoms. The third-order valence-corrected chi connectivity index (χ3v) is 4.36. The molecular formula is C22H23F3N2. The first-order chi connectivity index (χ1) is 12.7. The number of nitrogens with two attached hydrogens (primary N) is 2. The molecule has 2 aromatic rings. The summed E-state index contributed by atoms with van der Waals surface area (Å²) in [5, 5.41) is 0. The molecule has 0 aliphatic rings. The summed E-state index contributed by atoms with van der Waals surface area (Å²) in [5.41, 5.74) is 14.8. The molecule has 2 rings (SSSR count). The Labute approximate surface area is 157 Å². The Hall–Kier alpha value is -2.95. The first kappa shape index (κ1) is 20.4. The normalized spacial score (nSPS) is 13.7. The molecule has 0 aliphatic heterocycles. The molecule has 142 valence electrons. The Morgan fingerprint density at radius 2 is 1.67 bits per heavy atom. The van der Waals surface area contributed by atoms with Gasteiger partial charge in [-0.3, -0.25) is 0 Å². The van der Waals surface area contributed by atoms with E-state index in [2.05, 4.69) is 0 Å². The first-order valence-corrected chi connectivity index (χ1v) is 8.50. The van der Waals surface area contributed by atoms with Gasteiger partial charge in [0.1, 0.15) is 0 Å². The van der Waals surface area contributed by atoms with Crippen molar-refractivity contribution in [1.29, 1.82) is 0 Å². The number of alkyl halides is 3. The zero-order valence-corrected chi connectivity index (χ0v) is 15.3. The number of hydrogen-bond donors (Lipinski definition) is 2. The summed E-state index contributed by atoms with van der Waals surface area (Å²) >= 11 is 0. The maximum absolute atomic E-state index is 13.2. The van der Waals surface area contributed by atoms with Gasteiger partial charge in [-0.05, 0) is 67.0 Å². The third-order valence-electron chi connectivity index (χ3n) is 4.36. The number of halogens is 3. The highest BCUT2D eigenvalue weighted by Crippen LogP contribution is 2.34. The molecule has 2 aromatic carbocycles. The van der Waals surface area contributed by atoms with Crippen LogP contribution in [0.1, 0.15) is 29.2 Å². The summed E-state index contributed by atoms with van der Waals surface area (Å²) in [6, 6.07) is 13.2. The Morgan fingerprint density at radius 1 is 1.04 bits per heavy atom. The lowest BCUT2D eigenvalue weighted by Crippen LogP contribution is -2.11. The lowest BCUT2D eigenvalue weighted by molar-refractivity contribution is -0.137. The van der Waals surface area contributed by atoms with E-state index in [0.29, 0.717) is 6.42 Å². The van der Waals surface area contributed by atoms with E-state index in [9.17, 15) is 13.2 Å². The molecule has 0 unspecified atom stereocenters. The first-order valence-electron chi connectivity index (χ1n) is 8.50. The van der Waals surface area contributed by atoms with E-state index in [1.54, 1.807) is 18.2 Å². The summed E-state index contributed by atoms with van der Waals surface area (Å²) < 4.78 is 39.7. The van der Waals surface area contributed by atoms with Crippen molar-refractivity contribution in [2.75, 3.05) is 0 Å². The molecule has 0 aliphatic carbocycles. The van der Waals surface area contributed by atoms with E-state index in [0.717, 1.165) is 28.3 Å². The smallest absolute Gasteiger partial charge is 0.405 e. The standard InChI is InChI=1S/C22H23F3N2/c1-15-7-3-4-8-17(15)14-18(11-12-26)16(2)13-21(27)19-9-5-6-10-20(19)22(23,24)25/h3-13H,14,26-27H2,1-2H3/b12-11-,18-16-,21-13-. The van der Waals surface area contributed by atoms with Gasteiger partial charge in [-0.15, -0.1) is 0 Å². The fourth-order valence-corrected chi connectivity index (χ4v) is 2.85. The van der Waals surface area contributed by atoms with Gasteiger partial charge in [0.15, 0.2) is 0 Å². The van der Waals surface area contributed by atoms with E-state index < -0.39 is 11.7 Å². The number of allylic oxidation sites excluding steroid dienone is 4. The van der Waals surface area contributed by atoms with E-state index in [1.807, 2.05) is 38.1 Å². The highest BCUT2D eigenvalue weighted by Gasteiger charge is 2.33. The second kappa shape index (κ2) is 8.62. The van der Waals surface area contributed by atoms with Crippen LogP contribution in [0.25, 0.3) is 5.70 Å². The second-order valence-corrected chi connectivity index (χ2v) is 6.31. The molecule has 0 aromatic heterocycles. The van der Waals surface area contributed by atoms with Crippen molar-refractivity contribution in [3.8, 4) is 0 Å². The predicted octanol–water partition coefficient (Wildman–Crippen LogP) is 5.35. The highest BCUT2D eigenvalue weighted by molar-refractivity contribution is 5.69. The van der Waals surface area contributed by atoms with Crippen LogP contribution in [0.4, 0.5) is 13.2 Å². The lowest BCUT2D eigenvalue weighted by Gasteiger charge is -2.14. The minimum absolute atomic E-state index is 0.0312. The van der Waals surface area contributed by atoms with Crippen molar-refractivity contribution in [2.24, 2.45) is 11.5 Å². The lowest BCUT2D eigenvalue weighted by atomic mass is 9.96. The van der Waals surface area contributed by atoms with E-state index in [1.165, 1.54) is 18.3 Å². The Morgan fingerprint density at radius 3 is 2.30 bits per heavy atom. The van der Waals surface area contributed by atoms with Gasteiger partial charge in [0.05, 0.1) is 5.56 Å². The fraction of sp³-hybridized carbons (Fsp3) is 0.182. The molecule has 0 saturated heterocycles. The van der Waals surface area contributed by atoms with Gasteiger partial charge < -0.3 is 11.5 Å². The minimum Gasteiger partial charge on any atom is -0.405 e. The monoisotopic (exact) mass is 372 g/mol. The zero-order chi connectivity index (χ0) is 20.0. The molecule has 0 heterocycles.